The maximum absolute atomic E-state index is 10.2. The average Bonchev–Trinajstić information content (AvgIpc) is 2.50. The fraction of sp³-hybridized carbons (Fsp3) is 0.833. The molecule has 0 aromatic rings. The van der Waals surface area contributed by atoms with Gasteiger partial charge in [0.25, 0.3) is 0 Å². The van der Waals surface area contributed by atoms with E-state index in [1.54, 1.807) is 6.92 Å². The van der Waals surface area contributed by atoms with E-state index in [0.29, 0.717) is 6.42 Å². The van der Waals surface area contributed by atoms with Crippen molar-refractivity contribution < 1.29 is 14.6 Å². The Labute approximate surface area is 53.6 Å². The van der Waals surface area contributed by atoms with Crippen molar-refractivity contribution in [3.05, 3.63) is 0 Å². The van der Waals surface area contributed by atoms with Crippen LogP contribution in [0.5, 0.6) is 0 Å². The number of carboxylic acid groups (broad SMARTS) is 1. The first-order chi connectivity index (χ1) is 4.20. The minimum atomic E-state index is -0.731. The van der Waals surface area contributed by atoms with Crippen LogP contribution in [0.2, 0.25) is 0 Å². The highest BCUT2D eigenvalue weighted by molar-refractivity contribution is 5.69. The first-order valence-corrected chi connectivity index (χ1v) is 3.04. The molecule has 1 aliphatic rings. The normalized spacial score (nSPS) is 27.4. The molecule has 3 nitrogen and oxygen atoms in total. The van der Waals surface area contributed by atoms with Crippen LogP contribution in [-0.2, 0) is 9.53 Å². The van der Waals surface area contributed by atoms with Gasteiger partial charge in [0.15, 0.2) is 0 Å². The van der Waals surface area contributed by atoms with Gasteiger partial charge in [-0.3, -0.25) is 4.79 Å². The lowest BCUT2D eigenvalue weighted by Gasteiger charge is -2.00. The van der Waals surface area contributed by atoms with Crippen LogP contribution in [0.25, 0.3) is 0 Å². The van der Waals surface area contributed by atoms with Crippen molar-refractivity contribution in [2.24, 2.45) is 5.92 Å². The van der Waals surface area contributed by atoms with Gasteiger partial charge in [-0.05, 0) is 6.42 Å². The Hall–Kier alpha value is -0.570. The van der Waals surface area contributed by atoms with Crippen molar-refractivity contribution in [1.29, 1.82) is 0 Å². The molecule has 1 N–H and O–H groups in total. The van der Waals surface area contributed by atoms with Gasteiger partial charge >= 0.3 is 5.97 Å². The Morgan fingerprint density at radius 1 is 2.00 bits per heavy atom. The van der Waals surface area contributed by atoms with Gasteiger partial charge in [0.1, 0.15) is 0 Å². The minimum absolute atomic E-state index is 0.232. The second-order valence-corrected chi connectivity index (χ2v) is 2.43. The van der Waals surface area contributed by atoms with Gasteiger partial charge in [-0.15, -0.1) is 0 Å². The molecule has 0 amide bonds. The monoisotopic (exact) mass is 130 g/mol. The quantitative estimate of drug-likeness (QED) is 0.566. The Balaban J connectivity index is 2.16. The summed E-state index contributed by atoms with van der Waals surface area (Å²) >= 11 is 0. The van der Waals surface area contributed by atoms with Gasteiger partial charge in [-0.1, -0.05) is 6.92 Å². The summed E-state index contributed by atoms with van der Waals surface area (Å²) in [4.78, 5) is 10.2. The highest BCUT2D eigenvalue weighted by atomic mass is 16.6. The number of aliphatic carboxylic acids is 1. The van der Waals surface area contributed by atoms with Gasteiger partial charge in [-0.2, -0.15) is 0 Å². The molecule has 0 saturated carbocycles. The highest BCUT2D eigenvalue weighted by Crippen LogP contribution is 2.18. The van der Waals surface area contributed by atoms with Crippen molar-refractivity contribution in [1.82, 2.24) is 0 Å². The second kappa shape index (κ2) is 2.35. The molecule has 1 unspecified atom stereocenters. The maximum atomic E-state index is 10.2. The van der Waals surface area contributed by atoms with Crippen molar-refractivity contribution in [2.75, 3.05) is 6.61 Å². The standard InChI is InChI=1S/C6H10O3/c1-4(6(7)8)2-5-3-9-5/h4-5H,2-3H2,1H3,(H,7,8)/t4-,5?/m0/s1. The molecular weight excluding hydrogens is 120 g/mol. The number of hydrogen-bond acceptors (Lipinski definition) is 2. The number of rotatable bonds is 3. The Kier molecular flexibility index (Phi) is 1.71. The lowest BCUT2D eigenvalue weighted by molar-refractivity contribution is -0.141. The zero-order valence-corrected chi connectivity index (χ0v) is 5.33. The molecular formula is C6H10O3. The van der Waals surface area contributed by atoms with E-state index in [9.17, 15) is 4.79 Å². The predicted octanol–water partition coefficient (Wildman–Crippen LogP) is 0.496. The lowest BCUT2D eigenvalue weighted by atomic mass is 10.1. The summed E-state index contributed by atoms with van der Waals surface area (Å²) in [7, 11) is 0. The van der Waals surface area contributed by atoms with E-state index in [0.717, 1.165) is 6.61 Å². The summed E-state index contributed by atoms with van der Waals surface area (Å²) in [6.45, 7) is 2.45. The first kappa shape index (κ1) is 6.55. The van der Waals surface area contributed by atoms with Crippen LogP contribution in [0, 0.1) is 5.92 Å². The summed E-state index contributed by atoms with van der Waals surface area (Å²) in [6, 6.07) is 0. The van der Waals surface area contributed by atoms with Crippen LogP contribution < -0.4 is 0 Å². The largest absolute Gasteiger partial charge is 0.481 e. The van der Waals surface area contributed by atoms with Crippen LogP contribution >= 0.6 is 0 Å². The van der Waals surface area contributed by atoms with Crippen LogP contribution in [0.3, 0.4) is 0 Å². The number of ether oxygens (including phenoxy) is 1. The number of carboxylic acids is 1. The van der Waals surface area contributed by atoms with E-state index in [-0.39, 0.29) is 12.0 Å². The number of epoxide rings is 1. The zero-order valence-electron chi connectivity index (χ0n) is 5.33. The maximum Gasteiger partial charge on any atom is 0.306 e. The van der Waals surface area contributed by atoms with E-state index in [1.165, 1.54) is 0 Å². The first-order valence-electron chi connectivity index (χ1n) is 3.04. The fourth-order valence-electron chi connectivity index (χ4n) is 0.699. The summed E-state index contributed by atoms with van der Waals surface area (Å²) in [5.41, 5.74) is 0. The molecule has 1 fully saturated rings. The molecule has 0 aromatic carbocycles. The average molecular weight is 130 g/mol. The molecule has 2 atom stereocenters. The highest BCUT2D eigenvalue weighted by Gasteiger charge is 2.27. The summed E-state index contributed by atoms with van der Waals surface area (Å²) in [6.07, 6.45) is 0.895. The lowest BCUT2D eigenvalue weighted by Crippen LogP contribution is -2.11. The third-order valence-electron chi connectivity index (χ3n) is 1.44. The van der Waals surface area contributed by atoms with E-state index >= 15 is 0 Å². The van der Waals surface area contributed by atoms with Gasteiger partial charge < -0.3 is 9.84 Å². The minimum Gasteiger partial charge on any atom is -0.481 e. The molecule has 0 radical (unpaired) electrons. The third kappa shape index (κ3) is 2.01. The van der Waals surface area contributed by atoms with Crippen molar-refractivity contribution >= 4 is 5.97 Å². The molecule has 0 aromatic heterocycles. The second-order valence-electron chi connectivity index (χ2n) is 2.43. The van der Waals surface area contributed by atoms with Crippen LogP contribution in [0.4, 0.5) is 0 Å². The van der Waals surface area contributed by atoms with Gasteiger partial charge in [-0.25, -0.2) is 0 Å². The molecule has 0 spiro atoms. The fourth-order valence-corrected chi connectivity index (χ4v) is 0.699. The third-order valence-corrected chi connectivity index (χ3v) is 1.44. The summed E-state index contributed by atoms with van der Waals surface area (Å²) in [5.74, 6) is -0.983. The Bertz CT molecular complexity index is 117. The molecule has 1 saturated heterocycles. The molecule has 0 aliphatic carbocycles. The molecule has 1 heterocycles. The van der Waals surface area contributed by atoms with E-state index in [2.05, 4.69) is 0 Å². The molecule has 1 aliphatic heterocycles. The zero-order chi connectivity index (χ0) is 6.85. The summed E-state index contributed by atoms with van der Waals surface area (Å²) < 4.78 is 4.87. The Morgan fingerprint density at radius 2 is 2.56 bits per heavy atom. The predicted molar refractivity (Wildman–Crippen MR) is 31.2 cm³/mol. The molecule has 3 heteroatoms. The van der Waals surface area contributed by atoms with Gasteiger partial charge in [0.2, 0.25) is 0 Å². The SMILES string of the molecule is C[C@@H](CC1CO1)C(=O)O. The van der Waals surface area contributed by atoms with Gasteiger partial charge in [0.05, 0.1) is 18.6 Å². The van der Waals surface area contributed by atoms with Crippen molar-refractivity contribution in [2.45, 2.75) is 19.4 Å². The number of hydrogen-bond donors (Lipinski definition) is 1. The Morgan fingerprint density at radius 3 is 2.89 bits per heavy atom. The molecule has 9 heavy (non-hydrogen) atoms. The van der Waals surface area contributed by atoms with Crippen LogP contribution in [0.1, 0.15) is 13.3 Å². The number of carbonyl (C=O) groups is 1. The van der Waals surface area contributed by atoms with Gasteiger partial charge in [0, 0.05) is 0 Å². The van der Waals surface area contributed by atoms with Crippen molar-refractivity contribution in [3.8, 4) is 0 Å². The van der Waals surface area contributed by atoms with E-state index in [4.69, 9.17) is 9.84 Å². The molecule has 52 valence electrons. The molecule has 0 bridgehead atoms. The van der Waals surface area contributed by atoms with E-state index in [1.807, 2.05) is 0 Å². The van der Waals surface area contributed by atoms with E-state index < -0.39 is 5.97 Å². The smallest absolute Gasteiger partial charge is 0.306 e. The van der Waals surface area contributed by atoms with Crippen molar-refractivity contribution in [3.63, 3.8) is 0 Å². The topological polar surface area (TPSA) is 49.8 Å². The van der Waals surface area contributed by atoms with Crippen LogP contribution in [-0.4, -0.2) is 23.8 Å². The molecule has 1 rings (SSSR count). The van der Waals surface area contributed by atoms with Crippen LogP contribution in [0.15, 0.2) is 0 Å². The summed E-state index contributed by atoms with van der Waals surface area (Å²) in [5, 5.41) is 8.40.